The minimum atomic E-state index is -0.730. The molecule has 2 aromatic carbocycles. The summed E-state index contributed by atoms with van der Waals surface area (Å²) in [5.41, 5.74) is 2.07. The van der Waals surface area contributed by atoms with E-state index in [1.165, 1.54) is 0 Å². The predicted octanol–water partition coefficient (Wildman–Crippen LogP) is 3.77. The van der Waals surface area contributed by atoms with Gasteiger partial charge in [-0.15, -0.1) is 0 Å². The fourth-order valence-corrected chi connectivity index (χ4v) is 5.60. The van der Waals surface area contributed by atoms with Crippen LogP contribution >= 0.6 is 23.2 Å². The molecule has 1 N–H and O–H groups in total. The van der Waals surface area contributed by atoms with Gasteiger partial charge >= 0.3 is 0 Å². The molecular formula is C28H31Cl2N5O2. The van der Waals surface area contributed by atoms with E-state index in [9.17, 15) is 9.59 Å². The molecule has 0 unspecified atom stereocenters. The molecule has 7 nitrogen and oxygen atoms in total. The van der Waals surface area contributed by atoms with Crippen molar-refractivity contribution in [3.63, 3.8) is 0 Å². The Bertz CT molecular complexity index is 1270. The highest BCUT2D eigenvalue weighted by Gasteiger charge is 2.53. The topological polar surface area (TPSA) is 70.5 Å². The Morgan fingerprint density at radius 3 is 2.46 bits per heavy atom. The van der Waals surface area contributed by atoms with Crippen LogP contribution in [0.25, 0.3) is 0 Å². The highest BCUT2D eigenvalue weighted by Crippen LogP contribution is 2.51. The quantitative estimate of drug-likeness (QED) is 0.473. The second kappa shape index (κ2) is 10.9. The Morgan fingerprint density at radius 1 is 1.05 bits per heavy atom. The molecule has 1 aliphatic heterocycles. The van der Waals surface area contributed by atoms with Gasteiger partial charge in [-0.3, -0.25) is 9.59 Å². The molecule has 1 saturated carbocycles. The first-order valence-corrected chi connectivity index (χ1v) is 13.4. The van der Waals surface area contributed by atoms with Crippen molar-refractivity contribution in [2.45, 2.75) is 37.3 Å². The van der Waals surface area contributed by atoms with Gasteiger partial charge in [0.25, 0.3) is 0 Å². The van der Waals surface area contributed by atoms with E-state index >= 15 is 0 Å². The van der Waals surface area contributed by atoms with Gasteiger partial charge in [-0.1, -0.05) is 59.6 Å². The summed E-state index contributed by atoms with van der Waals surface area (Å²) in [5, 5.41) is 4.12. The second-order valence-corrected chi connectivity index (χ2v) is 10.9. The number of hydrogen-bond donors (Lipinski definition) is 1. The van der Waals surface area contributed by atoms with E-state index in [0.29, 0.717) is 48.9 Å². The fourth-order valence-electron chi connectivity index (χ4n) is 5.01. The lowest BCUT2D eigenvalue weighted by atomic mass is 9.94. The Balaban J connectivity index is 1.38. The number of carbonyl (C=O) groups is 2. The number of hydrogen-bond acceptors (Lipinski definition) is 4. The number of nitrogens with one attached hydrogen (secondary N) is 1. The predicted molar refractivity (Wildman–Crippen MR) is 145 cm³/mol. The van der Waals surface area contributed by atoms with Crippen molar-refractivity contribution in [3.05, 3.63) is 87.9 Å². The summed E-state index contributed by atoms with van der Waals surface area (Å²) in [5.74, 6) is -0.231. The first-order chi connectivity index (χ1) is 17.9. The lowest BCUT2D eigenvalue weighted by molar-refractivity contribution is -0.138. The van der Waals surface area contributed by atoms with Crippen molar-refractivity contribution >= 4 is 35.0 Å². The lowest BCUT2D eigenvalue weighted by Gasteiger charge is -2.35. The molecule has 2 heterocycles. The van der Waals surface area contributed by atoms with E-state index in [4.69, 9.17) is 23.2 Å². The van der Waals surface area contributed by atoms with Crippen LogP contribution in [-0.4, -0.2) is 70.4 Å². The number of likely N-dealkylation sites (N-methyl/N-ethyl adjacent to an activating group) is 1. The molecule has 0 bridgehead atoms. The molecule has 194 valence electrons. The molecule has 1 saturated heterocycles. The van der Waals surface area contributed by atoms with Gasteiger partial charge in [0.15, 0.2) is 0 Å². The molecule has 1 atom stereocenters. The van der Waals surface area contributed by atoms with Crippen molar-refractivity contribution in [2.75, 3.05) is 33.2 Å². The monoisotopic (exact) mass is 539 g/mol. The molecule has 0 spiro atoms. The van der Waals surface area contributed by atoms with Crippen molar-refractivity contribution in [1.82, 2.24) is 24.7 Å². The molecule has 2 aliphatic rings. The number of halogens is 2. The molecule has 5 rings (SSSR count). The number of nitrogens with zero attached hydrogens (tertiary/aromatic N) is 4. The average Bonchev–Trinajstić information content (AvgIpc) is 3.58. The number of piperazine rings is 1. The zero-order valence-electron chi connectivity index (χ0n) is 20.9. The van der Waals surface area contributed by atoms with Gasteiger partial charge in [-0.25, -0.2) is 4.98 Å². The summed E-state index contributed by atoms with van der Waals surface area (Å²) >= 11 is 12.6. The largest absolute Gasteiger partial charge is 0.343 e. The van der Waals surface area contributed by atoms with Crippen LogP contribution in [0.2, 0.25) is 10.0 Å². The van der Waals surface area contributed by atoms with E-state index in [2.05, 4.69) is 34.4 Å². The summed E-state index contributed by atoms with van der Waals surface area (Å²) in [7, 11) is 2.05. The number of aromatic nitrogens is 2. The molecule has 37 heavy (non-hydrogen) atoms. The highest BCUT2D eigenvalue weighted by atomic mass is 35.5. The third-order valence-corrected chi connectivity index (χ3v) is 8.01. The molecule has 9 heteroatoms. The number of amides is 2. The zero-order chi connectivity index (χ0) is 26.0. The number of benzene rings is 2. The second-order valence-electron chi connectivity index (χ2n) is 10.1. The van der Waals surface area contributed by atoms with Gasteiger partial charge in [-0.2, -0.15) is 0 Å². The van der Waals surface area contributed by atoms with Gasteiger partial charge in [-0.05, 0) is 43.1 Å². The average molecular weight is 540 g/mol. The summed E-state index contributed by atoms with van der Waals surface area (Å²) in [6.07, 6.45) is 5.27. The van der Waals surface area contributed by atoms with Gasteiger partial charge in [0.2, 0.25) is 11.8 Å². The van der Waals surface area contributed by atoms with Crippen molar-refractivity contribution < 1.29 is 9.59 Å². The van der Waals surface area contributed by atoms with Gasteiger partial charge in [0.05, 0.1) is 11.7 Å². The summed E-state index contributed by atoms with van der Waals surface area (Å²) < 4.78 is 2.04. The van der Waals surface area contributed by atoms with Crippen LogP contribution in [0.3, 0.4) is 0 Å². The van der Waals surface area contributed by atoms with Crippen LogP contribution in [0.1, 0.15) is 29.7 Å². The van der Waals surface area contributed by atoms with E-state index in [0.717, 1.165) is 29.9 Å². The molecule has 2 fully saturated rings. The maximum atomic E-state index is 13.8. The van der Waals surface area contributed by atoms with Crippen molar-refractivity contribution in [1.29, 1.82) is 0 Å². The van der Waals surface area contributed by atoms with Crippen LogP contribution < -0.4 is 5.32 Å². The fraction of sp³-hybridized carbons (Fsp3) is 0.393. The minimum absolute atomic E-state index is 0.0630. The van der Waals surface area contributed by atoms with Gasteiger partial charge in [0, 0.05) is 61.1 Å². The maximum absolute atomic E-state index is 13.8. The Morgan fingerprint density at radius 2 is 1.78 bits per heavy atom. The van der Waals surface area contributed by atoms with Crippen LogP contribution in [0.4, 0.5) is 0 Å². The van der Waals surface area contributed by atoms with Crippen LogP contribution in [0.5, 0.6) is 0 Å². The molecule has 3 aromatic rings. The van der Waals surface area contributed by atoms with Crippen molar-refractivity contribution in [3.8, 4) is 0 Å². The standard InChI is InChI=1S/C28H31Cl2N5O2/c1-33-11-13-34(14-12-33)26(36)25(16-22-17-31-19-35(22)18-20-5-3-2-4-6-20)32-27(37)28(9-10-28)23-8-7-21(29)15-24(23)30/h2-8,15,17,19,25H,9-14,16,18H2,1H3,(H,32,37)/t25-/m0/s1. The van der Waals surface area contributed by atoms with Crippen LogP contribution in [0, 0.1) is 0 Å². The van der Waals surface area contributed by atoms with Crippen LogP contribution in [-0.2, 0) is 28.0 Å². The summed E-state index contributed by atoms with van der Waals surface area (Å²) in [4.78, 5) is 35.9. The van der Waals surface area contributed by atoms with E-state index in [1.807, 2.05) is 33.7 Å². The molecule has 2 amide bonds. The van der Waals surface area contributed by atoms with E-state index < -0.39 is 11.5 Å². The van der Waals surface area contributed by atoms with Gasteiger partial charge < -0.3 is 19.7 Å². The smallest absolute Gasteiger partial charge is 0.245 e. The Kier molecular flexibility index (Phi) is 7.56. The SMILES string of the molecule is CN1CCN(C(=O)[C@H](Cc2cncn2Cc2ccccc2)NC(=O)C2(c3ccc(Cl)cc3Cl)CC2)CC1. The summed E-state index contributed by atoms with van der Waals surface area (Å²) in [6, 6.07) is 14.7. The number of rotatable bonds is 8. The first-order valence-electron chi connectivity index (χ1n) is 12.6. The Hall–Kier alpha value is -2.87. The lowest BCUT2D eigenvalue weighted by Crippen LogP contribution is -2.56. The minimum Gasteiger partial charge on any atom is -0.343 e. The zero-order valence-corrected chi connectivity index (χ0v) is 22.4. The van der Waals surface area contributed by atoms with Crippen LogP contribution in [0.15, 0.2) is 61.1 Å². The summed E-state index contributed by atoms with van der Waals surface area (Å²) in [6.45, 7) is 3.54. The molecule has 0 radical (unpaired) electrons. The third-order valence-electron chi connectivity index (χ3n) is 7.46. The maximum Gasteiger partial charge on any atom is 0.245 e. The van der Waals surface area contributed by atoms with Crippen molar-refractivity contribution in [2.24, 2.45) is 0 Å². The molecule has 1 aliphatic carbocycles. The highest BCUT2D eigenvalue weighted by molar-refractivity contribution is 6.35. The third kappa shape index (κ3) is 5.69. The van der Waals surface area contributed by atoms with Gasteiger partial charge in [0.1, 0.15) is 6.04 Å². The first kappa shape index (κ1) is 25.8. The van der Waals surface area contributed by atoms with E-state index in [-0.39, 0.29) is 11.8 Å². The molecular weight excluding hydrogens is 509 g/mol. The normalized spacial score (nSPS) is 17.9. The molecule has 1 aromatic heterocycles. The number of carbonyl (C=O) groups excluding carboxylic acids is 2. The van der Waals surface area contributed by atoms with E-state index in [1.54, 1.807) is 24.7 Å². The number of imidazole rings is 1. The Labute approximate surface area is 227 Å².